The first kappa shape index (κ1) is 21.2. The normalized spacial score (nSPS) is 17.6. The van der Waals surface area contributed by atoms with Gasteiger partial charge in [-0.15, -0.1) is 11.3 Å². The lowest BCUT2D eigenvalue weighted by molar-refractivity contribution is -0.126. The molecule has 5 rings (SSSR count). The SMILES string of the molecule is Cc1ccccc1N1C(=O)c2cc(-c3cccs3)nn2C[C@]1(C)C(=O)NCc1ccccc1. The lowest BCUT2D eigenvalue weighted by Gasteiger charge is -2.43. The number of rotatable bonds is 5. The van der Waals surface area contributed by atoms with Crippen LogP contribution < -0.4 is 10.2 Å². The Bertz CT molecular complexity index is 1310. The second-order valence-corrected chi connectivity index (χ2v) is 9.37. The van der Waals surface area contributed by atoms with Crippen LogP contribution in [-0.4, -0.2) is 27.1 Å². The third-order valence-corrected chi connectivity index (χ3v) is 6.96. The lowest BCUT2D eigenvalue weighted by Crippen LogP contribution is -2.64. The van der Waals surface area contributed by atoms with E-state index in [4.69, 9.17) is 0 Å². The van der Waals surface area contributed by atoms with E-state index in [1.165, 1.54) is 0 Å². The second kappa shape index (κ2) is 8.33. The van der Waals surface area contributed by atoms with Gasteiger partial charge in [-0.2, -0.15) is 5.10 Å². The largest absolute Gasteiger partial charge is 0.350 e. The molecule has 0 unspecified atom stereocenters. The van der Waals surface area contributed by atoms with E-state index in [1.54, 1.807) is 20.9 Å². The van der Waals surface area contributed by atoms with Crippen molar-refractivity contribution in [2.75, 3.05) is 4.90 Å². The molecule has 0 bridgehead atoms. The predicted molar refractivity (Wildman–Crippen MR) is 130 cm³/mol. The minimum atomic E-state index is -1.15. The van der Waals surface area contributed by atoms with Gasteiger partial charge in [-0.05, 0) is 48.6 Å². The van der Waals surface area contributed by atoms with Gasteiger partial charge in [0.05, 0.1) is 11.4 Å². The Morgan fingerprint density at radius 2 is 1.85 bits per heavy atom. The van der Waals surface area contributed by atoms with Crippen molar-refractivity contribution in [1.29, 1.82) is 0 Å². The highest BCUT2D eigenvalue weighted by Crippen LogP contribution is 2.36. The molecule has 1 aliphatic rings. The summed E-state index contributed by atoms with van der Waals surface area (Å²) in [6, 6.07) is 23.2. The van der Waals surface area contributed by atoms with Crippen LogP contribution >= 0.6 is 11.3 Å². The van der Waals surface area contributed by atoms with Gasteiger partial charge in [0.15, 0.2) is 0 Å². The van der Waals surface area contributed by atoms with E-state index in [2.05, 4.69) is 10.4 Å². The fourth-order valence-electron chi connectivity index (χ4n) is 4.29. The van der Waals surface area contributed by atoms with Crippen LogP contribution in [0.25, 0.3) is 10.6 Å². The summed E-state index contributed by atoms with van der Waals surface area (Å²) in [6.45, 7) is 4.41. The van der Waals surface area contributed by atoms with E-state index in [-0.39, 0.29) is 18.4 Å². The zero-order valence-electron chi connectivity index (χ0n) is 18.5. The van der Waals surface area contributed by atoms with E-state index in [9.17, 15) is 9.59 Å². The van der Waals surface area contributed by atoms with E-state index in [0.717, 1.165) is 27.4 Å². The molecule has 1 aliphatic heterocycles. The fourth-order valence-corrected chi connectivity index (χ4v) is 4.97. The maximum atomic E-state index is 13.8. The Kier molecular flexibility index (Phi) is 5.34. The van der Waals surface area contributed by atoms with Crippen molar-refractivity contribution < 1.29 is 9.59 Å². The van der Waals surface area contributed by atoms with Crippen LogP contribution in [0.1, 0.15) is 28.5 Å². The van der Waals surface area contributed by atoms with Gasteiger partial charge in [-0.25, -0.2) is 0 Å². The molecule has 1 N–H and O–H groups in total. The highest BCUT2D eigenvalue weighted by molar-refractivity contribution is 7.13. The summed E-state index contributed by atoms with van der Waals surface area (Å²) in [4.78, 5) is 30.1. The zero-order valence-corrected chi connectivity index (χ0v) is 19.3. The maximum Gasteiger partial charge on any atom is 0.277 e. The van der Waals surface area contributed by atoms with Gasteiger partial charge < -0.3 is 5.32 Å². The Morgan fingerprint density at radius 1 is 1.09 bits per heavy atom. The van der Waals surface area contributed by atoms with Crippen molar-refractivity contribution in [3.8, 4) is 10.6 Å². The number of anilines is 1. The number of aryl methyl sites for hydroxylation is 1. The summed E-state index contributed by atoms with van der Waals surface area (Å²) >= 11 is 1.57. The highest BCUT2D eigenvalue weighted by Gasteiger charge is 2.49. The van der Waals surface area contributed by atoms with Gasteiger partial charge in [0, 0.05) is 12.2 Å². The maximum absolute atomic E-state index is 13.8. The van der Waals surface area contributed by atoms with Crippen molar-refractivity contribution in [3.05, 3.63) is 95.0 Å². The molecule has 2 amide bonds. The zero-order chi connectivity index (χ0) is 23.0. The Balaban J connectivity index is 1.56. The quantitative estimate of drug-likeness (QED) is 0.475. The first-order chi connectivity index (χ1) is 16.0. The number of aromatic nitrogens is 2. The van der Waals surface area contributed by atoms with E-state index >= 15 is 0 Å². The number of para-hydroxylation sites is 1. The minimum Gasteiger partial charge on any atom is -0.350 e. The molecule has 7 heteroatoms. The number of amides is 2. The number of nitrogens with one attached hydrogen (secondary N) is 1. The van der Waals surface area contributed by atoms with Crippen molar-refractivity contribution in [1.82, 2.24) is 15.1 Å². The summed E-state index contributed by atoms with van der Waals surface area (Å²) in [5, 5.41) is 9.71. The summed E-state index contributed by atoms with van der Waals surface area (Å²) < 4.78 is 1.67. The summed E-state index contributed by atoms with van der Waals surface area (Å²) in [7, 11) is 0. The minimum absolute atomic E-state index is 0.221. The molecule has 0 aliphatic carbocycles. The number of benzene rings is 2. The molecule has 4 aromatic rings. The molecule has 3 heterocycles. The van der Waals surface area contributed by atoms with Gasteiger partial charge in [-0.3, -0.25) is 19.2 Å². The molecule has 0 spiro atoms. The number of fused-ring (bicyclic) bond motifs is 1. The number of hydrogen-bond acceptors (Lipinski definition) is 4. The van der Waals surface area contributed by atoms with Crippen LogP contribution in [0.4, 0.5) is 5.69 Å². The van der Waals surface area contributed by atoms with Crippen LogP contribution in [-0.2, 0) is 17.9 Å². The fraction of sp³-hybridized carbons (Fsp3) is 0.192. The van der Waals surface area contributed by atoms with Crippen molar-refractivity contribution in [2.24, 2.45) is 0 Å². The molecular formula is C26H24N4O2S. The third kappa shape index (κ3) is 3.74. The topological polar surface area (TPSA) is 67.2 Å². The highest BCUT2D eigenvalue weighted by atomic mass is 32.1. The first-order valence-corrected chi connectivity index (χ1v) is 11.7. The second-order valence-electron chi connectivity index (χ2n) is 8.42. The van der Waals surface area contributed by atoms with E-state index in [1.807, 2.05) is 92.0 Å². The molecule has 2 aromatic carbocycles. The third-order valence-electron chi connectivity index (χ3n) is 6.07. The molecule has 0 radical (unpaired) electrons. The number of thiophene rings is 1. The molecule has 166 valence electrons. The molecule has 0 saturated carbocycles. The average Bonchev–Trinajstić information content (AvgIpc) is 3.49. The Morgan fingerprint density at radius 3 is 2.58 bits per heavy atom. The van der Waals surface area contributed by atoms with Crippen LogP contribution in [0, 0.1) is 6.92 Å². The summed E-state index contributed by atoms with van der Waals surface area (Å²) in [5.41, 5.74) is 2.73. The van der Waals surface area contributed by atoms with Crippen LogP contribution in [0.2, 0.25) is 0 Å². The molecule has 2 aromatic heterocycles. The number of hydrogen-bond donors (Lipinski definition) is 1. The standard InChI is InChI=1S/C26H24N4O2S/c1-18-9-6-7-12-21(18)30-24(31)22-15-20(23-13-8-14-33-23)28-29(22)17-26(30,2)25(32)27-16-19-10-4-3-5-11-19/h3-15H,16-17H2,1-2H3,(H,27,32)/t26-/m1/s1. The van der Waals surface area contributed by atoms with Gasteiger partial charge >= 0.3 is 0 Å². The smallest absolute Gasteiger partial charge is 0.277 e. The Hall–Kier alpha value is -3.71. The van der Waals surface area contributed by atoms with Crippen LogP contribution in [0.3, 0.4) is 0 Å². The van der Waals surface area contributed by atoms with E-state index < -0.39 is 5.54 Å². The molecule has 1 atom stereocenters. The van der Waals surface area contributed by atoms with Crippen LogP contribution in [0.15, 0.2) is 78.2 Å². The molecule has 33 heavy (non-hydrogen) atoms. The lowest BCUT2D eigenvalue weighted by atomic mass is 9.93. The molecule has 0 saturated heterocycles. The molecule has 0 fully saturated rings. The van der Waals surface area contributed by atoms with Gasteiger partial charge in [0.25, 0.3) is 5.91 Å². The molecular weight excluding hydrogens is 432 g/mol. The summed E-state index contributed by atoms with van der Waals surface area (Å²) in [6.07, 6.45) is 0. The van der Waals surface area contributed by atoms with Gasteiger partial charge in [0.2, 0.25) is 5.91 Å². The van der Waals surface area contributed by atoms with Crippen molar-refractivity contribution >= 4 is 28.8 Å². The van der Waals surface area contributed by atoms with Crippen molar-refractivity contribution in [3.63, 3.8) is 0 Å². The first-order valence-electron chi connectivity index (χ1n) is 10.8. The summed E-state index contributed by atoms with van der Waals surface area (Å²) in [5.74, 6) is -0.454. The van der Waals surface area contributed by atoms with E-state index in [0.29, 0.717) is 12.2 Å². The van der Waals surface area contributed by atoms with Gasteiger partial charge in [-0.1, -0.05) is 54.6 Å². The number of nitrogens with zero attached hydrogens (tertiary/aromatic N) is 3. The monoisotopic (exact) mass is 456 g/mol. The number of carbonyl (C=O) groups is 2. The van der Waals surface area contributed by atoms with Crippen LogP contribution in [0.5, 0.6) is 0 Å². The van der Waals surface area contributed by atoms with Gasteiger partial charge in [0.1, 0.15) is 16.9 Å². The average molecular weight is 457 g/mol. The van der Waals surface area contributed by atoms with Crippen molar-refractivity contribution in [2.45, 2.75) is 32.5 Å². The molecule has 6 nitrogen and oxygen atoms in total. The number of carbonyl (C=O) groups excluding carboxylic acids is 2. The Labute approximate surface area is 196 Å². The predicted octanol–water partition coefficient (Wildman–Crippen LogP) is 4.66.